The molecule has 0 aliphatic carbocycles. The van der Waals surface area contributed by atoms with Crippen molar-refractivity contribution in [3.63, 3.8) is 0 Å². The van der Waals surface area contributed by atoms with Crippen LogP contribution >= 0.6 is 12.8 Å². The summed E-state index contributed by atoms with van der Waals surface area (Å²) in [6.45, 7) is 1.53. The number of thiol groups is 1. The number of ketones is 1. The first kappa shape index (κ1) is 27.9. The fourth-order valence-electron chi connectivity index (χ4n) is 3.40. The molecule has 34 heavy (non-hydrogen) atoms. The first-order chi connectivity index (χ1) is 16.3. The van der Waals surface area contributed by atoms with Crippen molar-refractivity contribution in [2.24, 2.45) is 0 Å². The first-order valence-electron chi connectivity index (χ1n) is 11.1. The third-order valence-electron chi connectivity index (χ3n) is 5.07. The number of hydrogen-bond donors (Lipinski definition) is 6. The van der Waals surface area contributed by atoms with E-state index in [9.17, 15) is 24.6 Å². The van der Waals surface area contributed by atoms with Gasteiger partial charge in [0.2, 0.25) is 6.29 Å². The average molecular weight is 500 g/mol. The molecule has 1 aromatic carbocycles. The van der Waals surface area contributed by atoms with Gasteiger partial charge in [-0.15, -0.1) is 0 Å². The van der Waals surface area contributed by atoms with Crippen LogP contribution in [-0.2, 0) is 32.1 Å². The zero-order chi connectivity index (χ0) is 24.9. The molecule has 1 unspecified atom stereocenters. The predicted octanol–water partition coefficient (Wildman–Crippen LogP) is 0.788. The zero-order valence-corrected chi connectivity index (χ0v) is 20.0. The third kappa shape index (κ3) is 9.85. The Balaban J connectivity index is 2.10. The predicted molar refractivity (Wildman–Crippen MR) is 126 cm³/mol. The molecule has 1 saturated heterocycles. The summed E-state index contributed by atoms with van der Waals surface area (Å²) in [6, 6.07) is 5.01. The van der Waals surface area contributed by atoms with E-state index in [1.54, 1.807) is 18.2 Å². The van der Waals surface area contributed by atoms with E-state index in [2.05, 4.69) is 28.2 Å². The van der Waals surface area contributed by atoms with Crippen LogP contribution in [0.3, 0.4) is 0 Å². The van der Waals surface area contributed by atoms with E-state index in [0.717, 1.165) is 0 Å². The molecule has 190 valence electrons. The summed E-state index contributed by atoms with van der Waals surface area (Å²) < 4.78 is 19.1. The van der Waals surface area contributed by atoms with Crippen LogP contribution < -0.4 is 20.1 Å². The molecule has 0 bridgehead atoms. The van der Waals surface area contributed by atoms with Crippen molar-refractivity contribution >= 4 is 30.7 Å². The summed E-state index contributed by atoms with van der Waals surface area (Å²) in [5.74, 6) is -0.829. The summed E-state index contributed by atoms with van der Waals surface area (Å²) in [4.78, 5) is 35.6. The Morgan fingerprint density at radius 1 is 1.21 bits per heavy atom. The molecule has 1 aromatic rings. The lowest BCUT2D eigenvalue weighted by Crippen LogP contribution is -2.42. The normalized spacial score (nSPS) is 19.9. The molecule has 1 amide bonds. The Bertz CT molecular complexity index is 825. The van der Waals surface area contributed by atoms with Crippen molar-refractivity contribution in [1.82, 2.24) is 15.4 Å². The van der Waals surface area contributed by atoms with Crippen LogP contribution in [0.4, 0.5) is 4.79 Å². The number of aliphatic hydroxyl groups excluding tert-OH is 1. The van der Waals surface area contributed by atoms with Crippen molar-refractivity contribution in [2.75, 3.05) is 26.7 Å². The second-order valence-corrected chi connectivity index (χ2v) is 8.23. The van der Waals surface area contributed by atoms with E-state index >= 15 is 0 Å². The highest BCUT2D eigenvalue weighted by atomic mass is 32.1. The SMILES string of the molecule is CNCCCC(=O)Cc1cc(COC(=O)NCCNS)ccc1O[C@@H]1CC(O)C[C@H](C(=O)O)O1. The molecule has 1 aliphatic heterocycles. The number of rotatable bonds is 14. The van der Waals surface area contributed by atoms with Gasteiger partial charge in [0, 0.05) is 44.3 Å². The minimum absolute atomic E-state index is 0.00294. The zero-order valence-electron chi connectivity index (χ0n) is 19.1. The van der Waals surface area contributed by atoms with Crippen LogP contribution in [-0.4, -0.2) is 73.2 Å². The number of Topliss-reactive ketones (excluding diaryl/α,β-unsaturated/α-hetero) is 1. The van der Waals surface area contributed by atoms with E-state index in [1.165, 1.54) is 0 Å². The highest BCUT2D eigenvalue weighted by Gasteiger charge is 2.34. The molecule has 0 aromatic heterocycles. The Labute approximate surface area is 204 Å². The molecule has 0 saturated carbocycles. The minimum atomic E-state index is -1.18. The number of ether oxygens (including phenoxy) is 3. The van der Waals surface area contributed by atoms with E-state index in [-0.39, 0.29) is 31.7 Å². The summed E-state index contributed by atoms with van der Waals surface area (Å²) in [7, 11) is 1.81. The highest BCUT2D eigenvalue weighted by molar-refractivity contribution is 7.78. The highest BCUT2D eigenvalue weighted by Crippen LogP contribution is 2.28. The van der Waals surface area contributed by atoms with Crippen molar-refractivity contribution in [2.45, 2.75) is 57.2 Å². The Hall–Kier alpha value is -2.38. The van der Waals surface area contributed by atoms with Gasteiger partial charge >= 0.3 is 12.1 Å². The van der Waals surface area contributed by atoms with Crippen LogP contribution in [0.25, 0.3) is 0 Å². The lowest BCUT2D eigenvalue weighted by Gasteiger charge is -2.31. The summed E-state index contributed by atoms with van der Waals surface area (Å²) in [6.07, 6.45) is -2.38. The van der Waals surface area contributed by atoms with Crippen molar-refractivity contribution in [3.8, 4) is 5.75 Å². The van der Waals surface area contributed by atoms with Crippen molar-refractivity contribution < 1.29 is 38.8 Å². The summed E-state index contributed by atoms with van der Waals surface area (Å²) in [5, 5.41) is 24.8. The Kier molecular flexibility index (Phi) is 12.1. The quantitative estimate of drug-likeness (QED) is 0.160. The molecule has 1 heterocycles. The van der Waals surface area contributed by atoms with Crippen LogP contribution in [0, 0.1) is 0 Å². The van der Waals surface area contributed by atoms with Gasteiger partial charge in [-0.25, -0.2) is 9.59 Å². The standard InChI is InChI=1S/C22H33N3O8S/c1-23-6-2-3-16(26)10-15-9-14(13-31-22(30)24-7-8-25-34)4-5-18(15)32-20-12-17(27)11-19(33-20)21(28)29/h4-5,9,17,19-20,23,25,27,34H,2-3,6-8,10-13H2,1H3,(H,24,30)(H,28,29)/t17?,19-,20+/m1/s1. The number of benzene rings is 1. The smallest absolute Gasteiger partial charge is 0.407 e. The maximum absolute atomic E-state index is 12.5. The van der Waals surface area contributed by atoms with Gasteiger partial charge in [0.05, 0.1) is 6.10 Å². The number of alkyl carbamates (subject to hydrolysis) is 1. The molecule has 2 rings (SSSR count). The third-order valence-corrected chi connectivity index (χ3v) is 5.30. The van der Waals surface area contributed by atoms with Crippen molar-refractivity contribution in [3.05, 3.63) is 29.3 Å². The molecule has 1 aliphatic rings. The summed E-state index contributed by atoms with van der Waals surface area (Å²) in [5.41, 5.74) is 1.21. The Morgan fingerprint density at radius 3 is 2.71 bits per heavy atom. The first-order valence-corrected chi connectivity index (χ1v) is 11.6. The number of hydrogen-bond acceptors (Lipinski definition) is 10. The number of carboxylic acids is 1. The minimum Gasteiger partial charge on any atom is -0.479 e. The molecule has 0 spiro atoms. The van der Waals surface area contributed by atoms with Crippen LogP contribution in [0.15, 0.2) is 18.2 Å². The lowest BCUT2D eigenvalue weighted by molar-refractivity contribution is -0.195. The van der Waals surface area contributed by atoms with Crippen LogP contribution in [0.5, 0.6) is 5.75 Å². The van der Waals surface area contributed by atoms with Gasteiger partial charge in [-0.3, -0.25) is 9.52 Å². The topological polar surface area (TPSA) is 155 Å². The fourth-order valence-corrected chi connectivity index (χ4v) is 3.51. The van der Waals surface area contributed by atoms with E-state index in [1.807, 2.05) is 7.05 Å². The lowest BCUT2D eigenvalue weighted by atomic mass is 10.0. The van der Waals surface area contributed by atoms with Crippen LogP contribution in [0.1, 0.15) is 36.8 Å². The van der Waals surface area contributed by atoms with Gasteiger partial charge in [-0.05, 0) is 37.7 Å². The molecule has 1 fully saturated rings. The van der Waals surface area contributed by atoms with Gasteiger partial charge in [0.25, 0.3) is 0 Å². The molecular formula is C22H33N3O8S. The average Bonchev–Trinajstić information content (AvgIpc) is 2.79. The molecule has 11 nitrogen and oxygen atoms in total. The number of carbonyl (C=O) groups excluding carboxylic acids is 2. The van der Waals surface area contributed by atoms with Gasteiger partial charge in [-0.1, -0.05) is 18.9 Å². The number of aliphatic hydroxyl groups is 1. The Morgan fingerprint density at radius 2 is 2.00 bits per heavy atom. The number of carbonyl (C=O) groups is 3. The summed E-state index contributed by atoms with van der Waals surface area (Å²) >= 11 is 3.84. The van der Waals surface area contributed by atoms with E-state index in [4.69, 9.17) is 14.2 Å². The van der Waals surface area contributed by atoms with Gasteiger partial charge in [-0.2, -0.15) is 0 Å². The number of nitrogens with one attached hydrogen (secondary N) is 3. The molecule has 0 radical (unpaired) electrons. The van der Waals surface area contributed by atoms with Crippen molar-refractivity contribution in [1.29, 1.82) is 0 Å². The molecule has 12 heteroatoms. The van der Waals surface area contributed by atoms with Gasteiger partial charge in [0.1, 0.15) is 18.1 Å². The molecule has 3 atom stereocenters. The largest absolute Gasteiger partial charge is 0.479 e. The molecular weight excluding hydrogens is 466 g/mol. The molecule has 5 N–H and O–H groups in total. The second kappa shape index (κ2) is 14.8. The number of amides is 1. The van der Waals surface area contributed by atoms with Crippen LogP contribution in [0.2, 0.25) is 0 Å². The number of aliphatic carboxylic acids is 1. The maximum atomic E-state index is 12.5. The maximum Gasteiger partial charge on any atom is 0.407 e. The second-order valence-electron chi connectivity index (χ2n) is 7.91. The van der Waals surface area contributed by atoms with Gasteiger partial charge in [0.15, 0.2) is 6.10 Å². The fraction of sp³-hybridized carbons (Fsp3) is 0.591. The van der Waals surface area contributed by atoms with Gasteiger partial charge < -0.3 is 35.1 Å². The number of carboxylic acid groups (broad SMARTS) is 1. The van der Waals surface area contributed by atoms with E-state index < -0.39 is 30.6 Å². The van der Waals surface area contributed by atoms with E-state index in [0.29, 0.717) is 49.4 Å². The monoisotopic (exact) mass is 499 g/mol.